The normalized spacial score (nSPS) is 11.5. The van der Waals surface area contributed by atoms with Gasteiger partial charge in [0.05, 0.1) is 21.3 Å². The highest BCUT2D eigenvalue weighted by molar-refractivity contribution is 7.85. The van der Waals surface area contributed by atoms with E-state index in [0.717, 1.165) is 11.1 Å². The maximum absolute atomic E-state index is 12.4. The summed E-state index contributed by atoms with van der Waals surface area (Å²) in [6, 6.07) is 23.7. The fourth-order valence-electron chi connectivity index (χ4n) is 2.85. The molecule has 0 fully saturated rings. The molecule has 0 aliphatic heterocycles. The Bertz CT molecular complexity index is 1030. The first-order valence-corrected chi connectivity index (χ1v) is 10.5. The number of para-hydroxylation sites is 1. The second kappa shape index (κ2) is 9.80. The van der Waals surface area contributed by atoms with Gasteiger partial charge in [-0.15, -0.1) is 0 Å². The summed E-state index contributed by atoms with van der Waals surface area (Å²) < 4.78 is 17.3. The Morgan fingerprint density at radius 1 is 0.897 bits per heavy atom. The molecule has 1 N–H and O–H groups in total. The third-order valence-corrected chi connectivity index (χ3v) is 5.61. The number of carbonyl (C=O) groups is 2. The first-order valence-electron chi connectivity index (χ1n) is 9.19. The fourth-order valence-corrected chi connectivity index (χ4v) is 3.78. The fraction of sp³-hybridized carbons (Fsp3) is 0.130. The van der Waals surface area contributed by atoms with Crippen molar-refractivity contribution in [2.24, 2.45) is 0 Å². The van der Waals surface area contributed by atoms with Crippen LogP contribution >= 0.6 is 0 Å². The Kier molecular flexibility index (Phi) is 6.92. The number of nitrogens with one attached hydrogen (secondary N) is 1. The molecule has 0 aliphatic carbocycles. The number of rotatable bonds is 7. The van der Waals surface area contributed by atoms with Crippen LogP contribution in [0.4, 0.5) is 5.69 Å². The van der Waals surface area contributed by atoms with Crippen molar-refractivity contribution in [1.82, 2.24) is 0 Å². The van der Waals surface area contributed by atoms with Crippen molar-refractivity contribution in [3.05, 3.63) is 84.4 Å². The van der Waals surface area contributed by atoms with Crippen LogP contribution in [0.2, 0.25) is 0 Å². The number of carbonyl (C=O) groups excluding carboxylic acids is 2. The van der Waals surface area contributed by atoms with E-state index in [2.05, 4.69) is 5.32 Å². The Hall–Kier alpha value is -3.25. The van der Waals surface area contributed by atoms with Gasteiger partial charge in [-0.05, 0) is 23.8 Å². The molecule has 0 heterocycles. The molecule has 0 aromatic heterocycles. The molecular weight excluding hydrogens is 386 g/mol. The molecule has 148 valence electrons. The molecule has 0 spiro atoms. The second-order valence-electron chi connectivity index (χ2n) is 6.17. The lowest BCUT2D eigenvalue weighted by atomic mass is 10.0. The highest BCUT2D eigenvalue weighted by Gasteiger charge is 2.17. The molecule has 0 aliphatic rings. The van der Waals surface area contributed by atoms with E-state index in [9.17, 15) is 13.8 Å². The van der Waals surface area contributed by atoms with Crippen LogP contribution in [-0.4, -0.2) is 28.4 Å². The zero-order chi connectivity index (χ0) is 20.6. The maximum Gasteiger partial charge on any atom is 0.339 e. The van der Waals surface area contributed by atoms with Gasteiger partial charge in [-0.2, -0.15) is 0 Å². The molecule has 5 nitrogen and oxygen atoms in total. The van der Waals surface area contributed by atoms with Gasteiger partial charge in [0.25, 0.3) is 5.91 Å². The summed E-state index contributed by atoms with van der Waals surface area (Å²) >= 11 is 0. The summed E-state index contributed by atoms with van der Waals surface area (Å²) in [6.07, 6.45) is 0. The van der Waals surface area contributed by atoms with Crippen LogP contribution in [0.3, 0.4) is 0 Å². The monoisotopic (exact) mass is 407 g/mol. The van der Waals surface area contributed by atoms with E-state index in [1.54, 1.807) is 37.3 Å². The molecule has 3 aromatic rings. The number of anilines is 1. The summed E-state index contributed by atoms with van der Waals surface area (Å²) in [6.45, 7) is 1.34. The topological polar surface area (TPSA) is 72.5 Å². The largest absolute Gasteiger partial charge is 0.452 e. The minimum Gasteiger partial charge on any atom is -0.452 e. The van der Waals surface area contributed by atoms with Gasteiger partial charge in [-0.25, -0.2) is 4.79 Å². The average Bonchev–Trinajstić information content (AvgIpc) is 2.78. The van der Waals surface area contributed by atoms with Gasteiger partial charge in [-0.1, -0.05) is 67.6 Å². The first-order chi connectivity index (χ1) is 14.1. The number of benzene rings is 3. The molecule has 0 saturated heterocycles. The van der Waals surface area contributed by atoms with Crippen molar-refractivity contribution in [2.75, 3.05) is 17.7 Å². The first kappa shape index (κ1) is 20.5. The van der Waals surface area contributed by atoms with E-state index >= 15 is 0 Å². The van der Waals surface area contributed by atoms with Gasteiger partial charge in [0.1, 0.15) is 0 Å². The predicted molar refractivity (Wildman–Crippen MR) is 114 cm³/mol. The van der Waals surface area contributed by atoms with Gasteiger partial charge in [-0.3, -0.25) is 9.00 Å². The molecule has 0 radical (unpaired) electrons. The van der Waals surface area contributed by atoms with Crippen molar-refractivity contribution in [2.45, 2.75) is 11.8 Å². The van der Waals surface area contributed by atoms with E-state index in [1.807, 2.05) is 48.5 Å². The molecule has 0 saturated carbocycles. The molecular formula is C23H21NO4S. The van der Waals surface area contributed by atoms with Crippen molar-refractivity contribution in [1.29, 1.82) is 0 Å². The SMILES string of the molecule is CC[S@@](=O)c1ccccc1C(=O)OCC(=O)Nc1ccccc1-c1ccccc1. The Morgan fingerprint density at radius 3 is 2.31 bits per heavy atom. The number of ether oxygens (including phenoxy) is 1. The smallest absolute Gasteiger partial charge is 0.339 e. The third kappa shape index (κ3) is 5.18. The second-order valence-corrected chi connectivity index (χ2v) is 7.87. The number of esters is 1. The summed E-state index contributed by atoms with van der Waals surface area (Å²) in [5.41, 5.74) is 2.69. The lowest BCUT2D eigenvalue weighted by Crippen LogP contribution is -2.22. The maximum atomic E-state index is 12.4. The lowest BCUT2D eigenvalue weighted by Gasteiger charge is -2.12. The van der Waals surface area contributed by atoms with E-state index in [4.69, 9.17) is 4.74 Å². The van der Waals surface area contributed by atoms with Crippen LogP contribution in [0.15, 0.2) is 83.8 Å². The van der Waals surface area contributed by atoms with Gasteiger partial charge >= 0.3 is 5.97 Å². The molecule has 3 aromatic carbocycles. The highest BCUT2D eigenvalue weighted by atomic mass is 32.2. The number of amides is 1. The third-order valence-electron chi connectivity index (χ3n) is 4.23. The van der Waals surface area contributed by atoms with Gasteiger partial charge in [0.2, 0.25) is 0 Å². The molecule has 6 heteroatoms. The zero-order valence-electron chi connectivity index (χ0n) is 16.0. The zero-order valence-corrected chi connectivity index (χ0v) is 16.8. The molecule has 0 bridgehead atoms. The summed E-state index contributed by atoms with van der Waals surface area (Å²) in [5, 5.41) is 2.79. The molecule has 1 atom stereocenters. The lowest BCUT2D eigenvalue weighted by molar-refractivity contribution is -0.119. The minimum atomic E-state index is -1.29. The average molecular weight is 407 g/mol. The van der Waals surface area contributed by atoms with E-state index in [1.165, 1.54) is 0 Å². The predicted octanol–water partition coefficient (Wildman–Crippen LogP) is 4.28. The Labute approximate surface area is 172 Å². The summed E-state index contributed by atoms with van der Waals surface area (Å²) in [4.78, 5) is 25.2. The van der Waals surface area contributed by atoms with Crippen molar-refractivity contribution in [3.8, 4) is 11.1 Å². The quantitative estimate of drug-likeness (QED) is 0.594. The molecule has 1 amide bonds. The van der Waals surface area contributed by atoms with Crippen molar-refractivity contribution < 1.29 is 18.5 Å². The van der Waals surface area contributed by atoms with Crippen LogP contribution in [-0.2, 0) is 20.3 Å². The highest BCUT2D eigenvalue weighted by Crippen LogP contribution is 2.27. The Morgan fingerprint density at radius 2 is 1.55 bits per heavy atom. The van der Waals surface area contributed by atoms with Crippen molar-refractivity contribution in [3.63, 3.8) is 0 Å². The van der Waals surface area contributed by atoms with Crippen LogP contribution < -0.4 is 5.32 Å². The van der Waals surface area contributed by atoms with Crippen molar-refractivity contribution >= 4 is 28.4 Å². The number of hydrogen-bond acceptors (Lipinski definition) is 4. The number of hydrogen-bond donors (Lipinski definition) is 1. The van der Waals surface area contributed by atoms with E-state index in [-0.39, 0.29) is 5.56 Å². The van der Waals surface area contributed by atoms with Crippen LogP contribution in [0, 0.1) is 0 Å². The van der Waals surface area contributed by atoms with E-state index in [0.29, 0.717) is 16.3 Å². The van der Waals surface area contributed by atoms with E-state index < -0.39 is 29.3 Å². The van der Waals surface area contributed by atoms with Gasteiger partial charge in [0, 0.05) is 17.0 Å². The minimum absolute atomic E-state index is 0.213. The van der Waals surface area contributed by atoms with Gasteiger partial charge < -0.3 is 10.1 Å². The Balaban J connectivity index is 1.68. The van der Waals surface area contributed by atoms with Crippen LogP contribution in [0.25, 0.3) is 11.1 Å². The van der Waals surface area contributed by atoms with Gasteiger partial charge in [0.15, 0.2) is 6.61 Å². The molecule has 3 rings (SSSR count). The van der Waals surface area contributed by atoms with Crippen LogP contribution in [0.1, 0.15) is 17.3 Å². The molecule has 29 heavy (non-hydrogen) atoms. The standard InChI is InChI=1S/C23H21NO4S/c1-2-29(27)21-15-9-7-13-19(21)23(26)28-16-22(25)24-20-14-8-6-12-18(20)17-10-4-3-5-11-17/h3-15H,2,16H2,1H3,(H,24,25)/t29-/m1/s1. The summed E-state index contributed by atoms with van der Waals surface area (Å²) in [7, 11) is -1.29. The molecule has 0 unspecified atom stereocenters. The summed E-state index contributed by atoms with van der Waals surface area (Å²) in [5.74, 6) is -0.731. The van der Waals surface area contributed by atoms with Crippen LogP contribution in [0.5, 0.6) is 0 Å².